The third kappa shape index (κ3) is 5.33. The van der Waals surface area contributed by atoms with E-state index in [-0.39, 0.29) is 5.76 Å². The van der Waals surface area contributed by atoms with Gasteiger partial charge in [-0.05, 0) is 81.0 Å². The molecule has 1 aliphatic carbocycles. The van der Waals surface area contributed by atoms with Crippen molar-refractivity contribution in [3.05, 3.63) is 76.4 Å². The van der Waals surface area contributed by atoms with Crippen molar-refractivity contribution < 1.29 is 23.4 Å². The summed E-state index contributed by atoms with van der Waals surface area (Å²) in [6, 6.07) is 13.9. The number of fused-ring (bicyclic) bond motifs is 1. The van der Waals surface area contributed by atoms with E-state index in [2.05, 4.69) is 4.98 Å². The molecule has 1 aromatic heterocycles. The van der Waals surface area contributed by atoms with Crippen LogP contribution in [0.4, 0.5) is 0 Å². The summed E-state index contributed by atoms with van der Waals surface area (Å²) in [4.78, 5) is 16.9. The first kappa shape index (κ1) is 23.6. The molecule has 34 heavy (non-hydrogen) atoms. The van der Waals surface area contributed by atoms with Crippen molar-refractivity contribution in [2.24, 2.45) is 0 Å². The second-order valence-corrected chi connectivity index (χ2v) is 8.11. The van der Waals surface area contributed by atoms with Crippen molar-refractivity contribution in [3.8, 4) is 17.2 Å². The topological polar surface area (TPSA) is 70.8 Å². The molecule has 0 bridgehead atoms. The Morgan fingerprint density at radius 1 is 1.03 bits per heavy atom. The van der Waals surface area contributed by atoms with Crippen molar-refractivity contribution in [1.82, 2.24) is 4.98 Å². The standard InChI is InChI=1S/C28H31NO5/c1-4-31-26(28(30)32-5-2)18-21-14-15-25(23-13-9-12-22(21)23)33-17-16-24-19(3)34-27(29-24)20-10-7-6-8-11-20/h6-8,10-11,14-15,18H,4-5,9,12-13,16-17H2,1-3H3/b26-18+. The van der Waals surface area contributed by atoms with E-state index in [0.29, 0.717) is 32.1 Å². The number of hydrogen-bond acceptors (Lipinski definition) is 6. The van der Waals surface area contributed by atoms with Gasteiger partial charge in [0, 0.05) is 12.0 Å². The van der Waals surface area contributed by atoms with Crippen molar-refractivity contribution >= 4 is 12.0 Å². The summed E-state index contributed by atoms with van der Waals surface area (Å²) in [6.07, 6.45) is 5.41. The molecule has 1 heterocycles. The van der Waals surface area contributed by atoms with Crippen LogP contribution in [0.15, 0.2) is 52.6 Å². The molecule has 6 nitrogen and oxygen atoms in total. The number of nitrogens with zero attached hydrogens (tertiary/aromatic N) is 1. The minimum Gasteiger partial charge on any atom is -0.493 e. The Balaban J connectivity index is 1.47. The minimum atomic E-state index is -0.436. The molecule has 0 saturated heterocycles. The lowest BCUT2D eigenvalue weighted by atomic mass is 10.0. The molecular weight excluding hydrogens is 430 g/mol. The van der Waals surface area contributed by atoms with Crippen molar-refractivity contribution in [3.63, 3.8) is 0 Å². The lowest BCUT2D eigenvalue weighted by Gasteiger charge is -2.14. The molecule has 0 fully saturated rings. The predicted octanol–water partition coefficient (Wildman–Crippen LogP) is 5.70. The summed E-state index contributed by atoms with van der Waals surface area (Å²) in [6.45, 7) is 6.80. The highest BCUT2D eigenvalue weighted by Gasteiger charge is 2.21. The monoisotopic (exact) mass is 461 g/mol. The van der Waals surface area contributed by atoms with Crippen LogP contribution in [0.5, 0.6) is 5.75 Å². The van der Waals surface area contributed by atoms with Crippen LogP contribution in [0, 0.1) is 6.92 Å². The number of esters is 1. The van der Waals surface area contributed by atoms with E-state index in [1.54, 1.807) is 13.0 Å². The van der Waals surface area contributed by atoms with Crippen molar-refractivity contribution in [2.45, 2.75) is 46.5 Å². The van der Waals surface area contributed by atoms with Gasteiger partial charge in [-0.1, -0.05) is 24.3 Å². The zero-order valence-electron chi connectivity index (χ0n) is 20.1. The number of hydrogen-bond donors (Lipinski definition) is 0. The number of carbonyl (C=O) groups excluding carboxylic acids is 1. The number of oxazole rings is 1. The number of benzene rings is 2. The van der Waals surface area contributed by atoms with Gasteiger partial charge in [0.2, 0.25) is 11.6 Å². The van der Waals surface area contributed by atoms with Crippen LogP contribution in [-0.4, -0.2) is 30.8 Å². The molecule has 0 aliphatic heterocycles. The highest BCUT2D eigenvalue weighted by Crippen LogP contribution is 2.34. The smallest absolute Gasteiger partial charge is 0.373 e. The van der Waals surface area contributed by atoms with Crippen LogP contribution in [0.25, 0.3) is 17.5 Å². The molecule has 0 radical (unpaired) electrons. The minimum absolute atomic E-state index is 0.239. The third-order valence-corrected chi connectivity index (χ3v) is 5.85. The van der Waals surface area contributed by atoms with Crippen LogP contribution in [0.1, 0.15) is 48.4 Å². The Bertz CT molecular complexity index is 1160. The van der Waals surface area contributed by atoms with Crippen LogP contribution in [0.3, 0.4) is 0 Å². The summed E-state index contributed by atoms with van der Waals surface area (Å²) >= 11 is 0. The summed E-state index contributed by atoms with van der Waals surface area (Å²) < 4.78 is 22.7. The van der Waals surface area contributed by atoms with E-state index in [9.17, 15) is 4.79 Å². The highest BCUT2D eigenvalue weighted by molar-refractivity contribution is 5.92. The second-order valence-electron chi connectivity index (χ2n) is 8.11. The molecule has 4 rings (SSSR count). The number of carbonyl (C=O) groups is 1. The molecule has 0 unspecified atom stereocenters. The average Bonchev–Trinajstić information content (AvgIpc) is 3.48. The van der Waals surface area contributed by atoms with Gasteiger partial charge in [0.15, 0.2) is 0 Å². The van der Waals surface area contributed by atoms with Gasteiger partial charge in [-0.2, -0.15) is 0 Å². The predicted molar refractivity (Wildman–Crippen MR) is 131 cm³/mol. The molecule has 0 atom stereocenters. The van der Waals surface area contributed by atoms with E-state index < -0.39 is 5.97 Å². The number of rotatable bonds is 10. The van der Waals surface area contributed by atoms with Gasteiger partial charge in [0.1, 0.15) is 11.5 Å². The van der Waals surface area contributed by atoms with Gasteiger partial charge in [0.25, 0.3) is 0 Å². The van der Waals surface area contributed by atoms with Crippen molar-refractivity contribution in [2.75, 3.05) is 19.8 Å². The molecule has 0 amide bonds. The first-order valence-electron chi connectivity index (χ1n) is 11.9. The molecule has 6 heteroatoms. The summed E-state index contributed by atoms with van der Waals surface area (Å²) in [7, 11) is 0. The van der Waals surface area contributed by atoms with Crippen molar-refractivity contribution in [1.29, 1.82) is 0 Å². The van der Waals surface area contributed by atoms with E-state index >= 15 is 0 Å². The van der Waals surface area contributed by atoms with Gasteiger partial charge in [0.05, 0.1) is 25.5 Å². The Morgan fingerprint density at radius 2 is 1.79 bits per heavy atom. The maximum absolute atomic E-state index is 12.2. The largest absolute Gasteiger partial charge is 0.493 e. The second kappa shape index (κ2) is 11.1. The lowest BCUT2D eigenvalue weighted by molar-refractivity contribution is -0.142. The molecule has 0 spiro atoms. The maximum Gasteiger partial charge on any atom is 0.373 e. The highest BCUT2D eigenvalue weighted by atomic mass is 16.6. The molecule has 1 aliphatic rings. The molecule has 0 N–H and O–H groups in total. The zero-order valence-corrected chi connectivity index (χ0v) is 20.1. The molecule has 3 aromatic rings. The Kier molecular flexibility index (Phi) is 7.68. The van der Waals surface area contributed by atoms with Crippen LogP contribution in [0.2, 0.25) is 0 Å². The Morgan fingerprint density at radius 3 is 2.56 bits per heavy atom. The number of ether oxygens (including phenoxy) is 3. The molecule has 178 valence electrons. The SMILES string of the molecule is CCOC(=O)/C(=C\c1ccc(OCCc2nc(-c3ccccc3)oc2C)c2c1CCC2)OCC. The summed E-state index contributed by atoms with van der Waals surface area (Å²) in [5.74, 6) is 2.15. The fourth-order valence-electron chi connectivity index (χ4n) is 4.25. The van der Waals surface area contributed by atoms with E-state index in [1.165, 1.54) is 11.1 Å². The fraction of sp³-hybridized carbons (Fsp3) is 0.357. The van der Waals surface area contributed by atoms with Crippen LogP contribution in [-0.2, 0) is 33.5 Å². The molecule has 0 saturated carbocycles. The summed E-state index contributed by atoms with van der Waals surface area (Å²) in [5.41, 5.74) is 5.27. The third-order valence-electron chi connectivity index (χ3n) is 5.85. The van der Waals surface area contributed by atoms with Gasteiger partial charge < -0.3 is 18.6 Å². The summed E-state index contributed by atoms with van der Waals surface area (Å²) in [5, 5.41) is 0. The first-order valence-corrected chi connectivity index (χ1v) is 11.9. The maximum atomic E-state index is 12.2. The molecule has 2 aromatic carbocycles. The van der Waals surface area contributed by atoms with Gasteiger partial charge >= 0.3 is 5.97 Å². The lowest BCUT2D eigenvalue weighted by Crippen LogP contribution is -2.11. The van der Waals surface area contributed by atoms with E-state index in [1.807, 2.05) is 56.3 Å². The normalized spacial score (nSPS) is 13.0. The van der Waals surface area contributed by atoms with Gasteiger partial charge in [-0.25, -0.2) is 9.78 Å². The zero-order chi connectivity index (χ0) is 23.9. The van der Waals surface area contributed by atoms with E-state index in [4.69, 9.17) is 18.6 Å². The number of aromatic nitrogens is 1. The van der Waals surface area contributed by atoms with E-state index in [0.717, 1.165) is 47.6 Å². The van der Waals surface area contributed by atoms with Crippen LogP contribution < -0.4 is 4.74 Å². The average molecular weight is 462 g/mol. The Hall–Kier alpha value is -3.54. The molecular formula is C28H31NO5. The van der Waals surface area contributed by atoms with Gasteiger partial charge in [-0.15, -0.1) is 0 Å². The number of aryl methyl sites for hydroxylation is 1. The van der Waals surface area contributed by atoms with Gasteiger partial charge in [-0.3, -0.25) is 0 Å². The quantitative estimate of drug-likeness (QED) is 0.219. The Labute approximate surface area is 200 Å². The van der Waals surface area contributed by atoms with Crippen LogP contribution >= 0.6 is 0 Å². The fourth-order valence-corrected chi connectivity index (χ4v) is 4.25. The first-order chi connectivity index (χ1) is 16.6.